The zero-order chi connectivity index (χ0) is 22.9. The molecule has 0 N–H and O–H groups in total. The molecule has 0 amide bonds. The molecule has 33 heavy (non-hydrogen) atoms. The quantitative estimate of drug-likeness (QED) is 0.345. The first-order valence-electron chi connectivity index (χ1n) is 10.7. The summed E-state index contributed by atoms with van der Waals surface area (Å²) >= 11 is 0. The molecule has 3 aromatic carbocycles. The molecule has 6 heteroatoms. The van der Waals surface area contributed by atoms with Gasteiger partial charge in [-0.05, 0) is 19.1 Å². The van der Waals surface area contributed by atoms with E-state index in [2.05, 4.69) is 58.2 Å². The van der Waals surface area contributed by atoms with Crippen LogP contribution < -0.4 is 14.2 Å². The molecule has 2 aliphatic heterocycles. The van der Waals surface area contributed by atoms with Gasteiger partial charge in [0.25, 0.3) is 0 Å². The van der Waals surface area contributed by atoms with Crippen LogP contribution in [0.2, 0.25) is 0 Å². The molecule has 0 aliphatic carbocycles. The van der Waals surface area contributed by atoms with Crippen LogP contribution >= 0.6 is 0 Å². The number of benzene rings is 3. The van der Waals surface area contributed by atoms with Gasteiger partial charge in [0.15, 0.2) is 11.5 Å². The van der Waals surface area contributed by atoms with Crippen molar-refractivity contribution in [2.75, 3.05) is 21.3 Å². The second-order valence-corrected chi connectivity index (χ2v) is 7.97. The Morgan fingerprint density at radius 1 is 0.758 bits per heavy atom. The monoisotopic (exact) mass is 439 g/mol. The fourth-order valence-electron chi connectivity index (χ4n) is 4.23. The number of methoxy groups -OCH3 is 3. The van der Waals surface area contributed by atoms with Gasteiger partial charge in [-0.1, -0.05) is 48.0 Å². The van der Waals surface area contributed by atoms with Crippen LogP contribution in [0.5, 0.6) is 17.2 Å². The third-order valence-electron chi connectivity index (χ3n) is 5.97. The summed E-state index contributed by atoms with van der Waals surface area (Å²) in [7, 11) is 4.98. The topological polar surface area (TPSA) is 58.4 Å². The predicted molar refractivity (Wildman–Crippen MR) is 130 cm³/mol. The van der Waals surface area contributed by atoms with Crippen LogP contribution in [0, 0.1) is 6.92 Å². The van der Waals surface area contributed by atoms with E-state index in [4.69, 9.17) is 14.2 Å². The summed E-state index contributed by atoms with van der Waals surface area (Å²) < 4.78 is 19.0. The minimum atomic E-state index is 0.616. The van der Waals surface area contributed by atoms with Gasteiger partial charge in [-0.3, -0.25) is 0 Å². The van der Waals surface area contributed by atoms with Crippen LogP contribution in [0.15, 0.2) is 66.9 Å². The number of fused-ring (bicyclic) bond motifs is 3. The smallest absolute Gasteiger partial charge is 0.162 e. The summed E-state index contributed by atoms with van der Waals surface area (Å²) in [5, 5.41) is 10.1. The second-order valence-electron chi connectivity index (χ2n) is 7.97. The summed E-state index contributed by atoms with van der Waals surface area (Å²) in [6.45, 7) is 2.69. The van der Waals surface area contributed by atoms with E-state index < -0.39 is 0 Å². The van der Waals surface area contributed by atoms with E-state index in [0.29, 0.717) is 18.0 Å². The van der Waals surface area contributed by atoms with Gasteiger partial charge in [-0.15, -0.1) is 10.2 Å². The van der Waals surface area contributed by atoms with Crippen molar-refractivity contribution in [3.05, 3.63) is 78.0 Å². The Kier molecular flexibility index (Phi) is 5.34. The molecule has 2 heterocycles. The third-order valence-corrected chi connectivity index (χ3v) is 5.97. The van der Waals surface area contributed by atoms with Crippen LogP contribution in [-0.4, -0.2) is 36.1 Å². The predicted octanol–water partition coefficient (Wildman–Crippen LogP) is 5.59. The lowest BCUT2D eigenvalue weighted by molar-refractivity contribution is 0.355. The van der Waals surface area contributed by atoms with Gasteiger partial charge >= 0.3 is 0 Å². The minimum Gasteiger partial charge on any atom is -0.496 e. The van der Waals surface area contributed by atoms with E-state index in [9.17, 15) is 0 Å². The van der Waals surface area contributed by atoms with Crippen molar-refractivity contribution >= 4 is 10.9 Å². The number of pyridine rings is 1. The van der Waals surface area contributed by atoms with Gasteiger partial charge in [0, 0.05) is 34.3 Å². The largest absolute Gasteiger partial charge is 0.496 e. The van der Waals surface area contributed by atoms with Crippen LogP contribution in [0.1, 0.15) is 11.1 Å². The van der Waals surface area contributed by atoms with Gasteiger partial charge in [0.1, 0.15) is 17.1 Å². The molecule has 0 saturated heterocycles. The van der Waals surface area contributed by atoms with Gasteiger partial charge < -0.3 is 18.8 Å². The van der Waals surface area contributed by atoms with Gasteiger partial charge in [-0.25, -0.2) is 0 Å². The molecule has 3 aromatic rings. The van der Waals surface area contributed by atoms with E-state index in [0.717, 1.165) is 44.7 Å². The number of para-hydroxylation sites is 1. The highest BCUT2D eigenvalue weighted by molar-refractivity contribution is 5.99. The highest BCUT2D eigenvalue weighted by Crippen LogP contribution is 2.41. The lowest BCUT2D eigenvalue weighted by atomic mass is 10.0. The van der Waals surface area contributed by atoms with Crippen molar-refractivity contribution in [1.29, 1.82) is 0 Å². The van der Waals surface area contributed by atoms with Crippen molar-refractivity contribution in [2.45, 2.75) is 13.5 Å². The first kappa shape index (κ1) is 20.8. The molecule has 2 aliphatic rings. The molecule has 0 unspecified atom stereocenters. The average molecular weight is 440 g/mol. The highest BCUT2D eigenvalue weighted by Gasteiger charge is 2.22. The Morgan fingerprint density at radius 2 is 1.42 bits per heavy atom. The summed E-state index contributed by atoms with van der Waals surface area (Å²) in [6, 6.07) is 20.4. The Labute approximate surface area is 192 Å². The molecule has 0 atom stereocenters. The van der Waals surface area contributed by atoms with Crippen molar-refractivity contribution in [3.63, 3.8) is 0 Å². The van der Waals surface area contributed by atoms with E-state index in [-0.39, 0.29) is 0 Å². The fourth-order valence-corrected chi connectivity index (χ4v) is 4.23. The van der Waals surface area contributed by atoms with Gasteiger partial charge in [-0.2, -0.15) is 0 Å². The Bertz CT molecular complexity index is 1410. The number of aryl methyl sites for hydroxylation is 1. The number of nitrogens with zero attached hydrogens (tertiary/aromatic N) is 3. The zero-order valence-electron chi connectivity index (χ0n) is 19.1. The molecule has 0 aromatic heterocycles. The van der Waals surface area contributed by atoms with Crippen LogP contribution in [-0.2, 0) is 6.54 Å². The second kappa shape index (κ2) is 8.47. The zero-order valence-corrected chi connectivity index (χ0v) is 19.1. The van der Waals surface area contributed by atoms with E-state index >= 15 is 0 Å². The van der Waals surface area contributed by atoms with Crippen LogP contribution in [0.25, 0.3) is 33.4 Å². The van der Waals surface area contributed by atoms with Crippen molar-refractivity contribution in [3.8, 4) is 39.8 Å². The maximum absolute atomic E-state index is 5.61. The molecule has 0 saturated carbocycles. The molecule has 0 fully saturated rings. The number of aromatic nitrogens is 3. The van der Waals surface area contributed by atoms with E-state index in [1.807, 2.05) is 30.3 Å². The molecule has 5 rings (SSSR count). The summed E-state index contributed by atoms with van der Waals surface area (Å²) in [6.07, 6.45) is 2.12. The number of hydrogen-bond donors (Lipinski definition) is 0. The van der Waals surface area contributed by atoms with Gasteiger partial charge in [0.2, 0.25) is 0 Å². The molecular weight excluding hydrogens is 414 g/mol. The highest BCUT2D eigenvalue weighted by atomic mass is 16.5. The maximum Gasteiger partial charge on any atom is 0.162 e. The molecule has 0 spiro atoms. The molecular formula is C27H25N3O3. The first-order valence-corrected chi connectivity index (χ1v) is 10.7. The maximum atomic E-state index is 5.61. The number of rotatable bonds is 6. The summed E-state index contributed by atoms with van der Waals surface area (Å²) in [5.41, 5.74) is 6.95. The molecule has 6 nitrogen and oxygen atoms in total. The van der Waals surface area contributed by atoms with Crippen LogP contribution in [0.3, 0.4) is 0 Å². The standard InChI is InChI=1S/C27H25N3O3/c1-17-9-11-18(12-10-17)26-21-16-30(15-19-7-5-6-8-23(19)31-2)22-14-25(33-4)24(32-3)13-20(22)27(21)29-28-26/h5-14,16H,15H2,1-4H3. The minimum absolute atomic E-state index is 0.616. The van der Waals surface area contributed by atoms with Crippen molar-refractivity contribution < 1.29 is 14.2 Å². The Morgan fingerprint density at radius 3 is 2.15 bits per heavy atom. The molecule has 0 radical (unpaired) electrons. The van der Waals surface area contributed by atoms with Gasteiger partial charge in [0.05, 0.1) is 33.4 Å². The number of hydrogen-bond acceptors (Lipinski definition) is 5. The van der Waals surface area contributed by atoms with E-state index in [1.165, 1.54) is 5.56 Å². The Balaban J connectivity index is 1.78. The molecule has 0 bridgehead atoms. The molecule has 166 valence electrons. The fraction of sp³-hybridized carbons (Fsp3) is 0.185. The number of ether oxygens (including phenoxy) is 3. The third kappa shape index (κ3) is 3.63. The van der Waals surface area contributed by atoms with Crippen molar-refractivity contribution in [2.24, 2.45) is 0 Å². The summed E-state index contributed by atoms with van der Waals surface area (Å²) in [4.78, 5) is 0. The lowest BCUT2D eigenvalue weighted by Crippen LogP contribution is -2.06. The lowest BCUT2D eigenvalue weighted by Gasteiger charge is -2.18. The van der Waals surface area contributed by atoms with Crippen molar-refractivity contribution in [1.82, 2.24) is 14.8 Å². The summed E-state index contributed by atoms with van der Waals surface area (Å²) in [5.74, 6) is 2.16. The van der Waals surface area contributed by atoms with Crippen LogP contribution in [0.4, 0.5) is 0 Å². The SMILES string of the molecule is COc1ccccc1Cn1cc2c(-c3ccc(C)cc3)nnc-2c2cc(OC)c(OC)cc21. The van der Waals surface area contributed by atoms with E-state index in [1.54, 1.807) is 21.3 Å². The normalized spacial score (nSPS) is 11.2. The first-order chi connectivity index (χ1) is 16.1. The average Bonchev–Trinajstić information content (AvgIpc) is 3.28. The Hall–Kier alpha value is -4.06.